The molecule has 0 aliphatic carbocycles. The lowest BCUT2D eigenvalue weighted by atomic mass is 9.77. The van der Waals surface area contributed by atoms with Crippen LogP contribution < -0.4 is 0 Å². The van der Waals surface area contributed by atoms with Crippen LogP contribution in [-0.4, -0.2) is 60.3 Å². The first-order chi connectivity index (χ1) is 11.9. The van der Waals surface area contributed by atoms with E-state index in [1.165, 1.54) is 6.42 Å². The first-order valence-corrected chi connectivity index (χ1v) is 9.79. The van der Waals surface area contributed by atoms with E-state index in [1.807, 2.05) is 12.1 Å². The van der Waals surface area contributed by atoms with Gasteiger partial charge in [0.25, 0.3) is 0 Å². The van der Waals surface area contributed by atoms with E-state index in [2.05, 4.69) is 30.6 Å². The van der Waals surface area contributed by atoms with E-state index in [1.54, 1.807) is 12.1 Å². The topological polar surface area (TPSA) is 15.7 Å². The number of halogens is 1. The zero-order chi connectivity index (χ0) is 17.9. The van der Waals surface area contributed by atoms with Gasteiger partial charge in [-0.1, -0.05) is 25.1 Å². The Morgan fingerprint density at radius 1 is 1.12 bits per heavy atom. The fourth-order valence-electron chi connectivity index (χ4n) is 4.67. The molecule has 0 amide bonds. The second kappa shape index (κ2) is 7.73. The van der Waals surface area contributed by atoms with Crippen LogP contribution in [0.2, 0.25) is 0 Å². The third-order valence-corrected chi connectivity index (χ3v) is 6.17. The van der Waals surface area contributed by atoms with Crippen molar-refractivity contribution in [3.05, 3.63) is 35.6 Å². The van der Waals surface area contributed by atoms with Crippen molar-refractivity contribution in [2.45, 2.75) is 57.6 Å². The van der Waals surface area contributed by atoms with Gasteiger partial charge in [0.15, 0.2) is 0 Å². The maximum Gasteiger partial charge on any atom is 0.126 e. The zero-order valence-electron chi connectivity index (χ0n) is 16.1. The number of benzene rings is 1. The molecule has 2 fully saturated rings. The van der Waals surface area contributed by atoms with Gasteiger partial charge in [0, 0.05) is 44.9 Å². The lowest BCUT2D eigenvalue weighted by molar-refractivity contribution is -0.128. The summed E-state index contributed by atoms with van der Waals surface area (Å²) in [6.07, 6.45) is 4.25. The number of hydrogen-bond donors (Lipinski definition) is 0. The maximum atomic E-state index is 13.8. The molecule has 1 unspecified atom stereocenters. The van der Waals surface area contributed by atoms with E-state index >= 15 is 0 Å². The molecule has 1 atom stereocenters. The average Bonchev–Trinajstić information content (AvgIpc) is 2.60. The Morgan fingerprint density at radius 3 is 2.48 bits per heavy atom. The average molecular weight is 349 g/mol. The summed E-state index contributed by atoms with van der Waals surface area (Å²) in [6, 6.07) is 7.15. The molecular weight excluding hydrogens is 315 g/mol. The van der Waals surface area contributed by atoms with Crippen LogP contribution in [0, 0.1) is 5.82 Å². The van der Waals surface area contributed by atoms with Crippen LogP contribution in [0.4, 0.5) is 4.39 Å². The predicted octanol–water partition coefficient (Wildman–Crippen LogP) is 3.72. The van der Waals surface area contributed by atoms with Gasteiger partial charge in [-0.05, 0) is 51.2 Å². The fraction of sp³-hybridized carbons (Fsp3) is 0.714. The van der Waals surface area contributed by atoms with Crippen LogP contribution in [0.3, 0.4) is 0 Å². The van der Waals surface area contributed by atoms with Crippen molar-refractivity contribution in [3.8, 4) is 0 Å². The van der Waals surface area contributed by atoms with Gasteiger partial charge in [-0.25, -0.2) is 4.39 Å². The predicted molar refractivity (Wildman–Crippen MR) is 100 cm³/mol. The third-order valence-electron chi connectivity index (χ3n) is 6.17. The zero-order valence-corrected chi connectivity index (χ0v) is 16.1. The molecule has 0 radical (unpaired) electrons. The molecule has 2 saturated heterocycles. The summed E-state index contributed by atoms with van der Waals surface area (Å²) in [7, 11) is 0. The molecule has 140 valence electrons. The Hall–Kier alpha value is -0.970. The van der Waals surface area contributed by atoms with Crippen LogP contribution >= 0.6 is 0 Å². The van der Waals surface area contributed by atoms with E-state index in [9.17, 15) is 4.39 Å². The van der Waals surface area contributed by atoms with Gasteiger partial charge in [0.05, 0.1) is 5.60 Å². The van der Waals surface area contributed by atoms with Crippen LogP contribution in [-0.2, 0) is 11.2 Å². The highest BCUT2D eigenvalue weighted by Gasteiger charge is 2.44. The molecule has 0 bridgehead atoms. The lowest BCUT2D eigenvalue weighted by Gasteiger charge is -2.53. The minimum atomic E-state index is -0.0736. The number of rotatable bonds is 5. The molecule has 3 nitrogen and oxygen atoms in total. The van der Waals surface area contributed by atoms with Crippen LogP contribution in [0.25, 0.3) is 0 Å². The number of nitrogens with zero attached hydrogens (tertiary/aromatic N) is 2. The molecule has 1 aromatic carbocycles. The summed E-state index contributed by atoms with van der Waals surface area (Å²) in [4.78, 5) is 5.19. The molecule has 0 saturated carbocycles. The number of hydrogen-bond acceptors (Lipinski definition) is 3. The van der Waals surface area contributed by atoms with E-state index in [0.29, 0.717) is 5.54 Å². The molecule has 3 rings (SSSR count). The first-order valence-electron chi connectivity index (χ1n) is 9.79. The van der Waals surface area contributed by atoms with Gasteiger partial charge < -0.3 is 9.64 Å². The van der Waals surface area contributed by atoms with E-state index in [4.69, 9.17) is 4.74 Å². The Balaban J connectivity index is 1.53. The van der Waals surface area contributed by atoms with Crippen LogP contribution in [0.1, 0.15) is 45.6 Å². The molecule has 0 N–H and O–H groups in total. The van der Waals surface area contributed by atoms with Gasteiger partial charge in [-0.3, -0.25) is 4.90 Å². The summed E-state index contributed by atoms with van der Waals surface area (Å²) in [5.41, 5.74) is 1.11. The van der Waals surface area contributed by atoms with Crippen LogP contribution in [0.5, 0.6) is 0 Å². The van der Waals surface area contributed by atoms with Gasteiger partial charge in [-0.2, -0.15) is 0 Å². The molecule has 2 aliphatic rings. The molecule has 0 spiro atoms. The second-order valence-corrected chi connectivity index (χ2v) is 8.28. The van der Waals surface area contributed by atoms with Crippen molar-refractivity contribution < 1.29 is 9.13 Å². The molecule has 2 aliphatic heterocycles. The standard InChI is InChI=1S/C21H33FN2O/c1-4-21(10-16-25-20(2,3)17-21)24-14-12-23(13-15-24)11-9-18-7-5-6-8-19(18)22/h5-8H,4,9-17H2,1-3H3. The van der Waals surface area contributed by atoms with Gasteiger partial charge >= 0.3 is 0 Å². The quantitative estimate of drug-likeness (QED) is 0.806. The molecule has 4 heteroatoms. The first kappa shape index (κ1) is 18.8. The number of piperazine rings is 1. The van der Waals surface area contributed by atoms with Crippen molar-refractivity contribution >= 4 is 0 Å². The van der Waals surface area contributed by atoms with Gasteiger partial charge in [-0.15, -0.1) is 0 Å². The molecule has 1 aromatic rings. The van der Waals surface area contributed by atoms with Crippen LogP contribution in [0.15, 0.2) is 24.3 Å². The molecule has 2 heterocycles. The Kier molecular flexibility index (Phi) is 5.81. The highest BCUT2D eigenvalue weighted by atomic mass is 19.1. The normalized spacial score (nSPS) is 28.2. The number of ether oxygens (including phenoxy) is 1. The maximum absolute atomic E-state index is 13.8. The second-order valence-electron chi connectivity index (χ2n) is 8.28. The van der Waals surface area contributed by atoms with Crippen molar-refractivity contribution in [1.29, 1.82) is 0 Å². The summed E-state index contributed by atoms with van der Waals surface area (Å²) in [6.45, 7) is 13.0. The molecule has 25 heavy (non-hydrogen) atoms. The Labute approximate surface area is 152 Å². The molecule has 0 aromatic heterocycles. The smallest absolute Gasteiger partial charge is 0.126 e. The lowest BCUT2D eigenvalue weighted by Crippen LogP contribution is -2.61. The van der Waals surface area contributed by atoms with Crippen molar-refractivity contribution in [1.82, 2.24) is 9.80 Å². The minimum absolute atomic E-state index is 0.0176. The van der Waals surface area contributed by atoms with Gasteiger partial charge in [0.1, 0.15) is 5.82 Å². The summed E-state index contributed by atoms with van der Waals surface area (Å²) >= 11 is 0. The fourth-order valence-corrected chi connectivity index (χ4v) is 4.67. The Bertz CT molecular complexity index is 569. The minimum Gasteiger partial charge on any atom is -0.375 e. The van der Waals surface area contributed by atoms with E-state index in [0.717, 1.165) is 64.2 Å². The van der Waals surface area contributed by atoms with E-state index in [-0.39, 0.29) is 11.4 Å². The van der Waals surface area contributed by atoms with Gasteiger partial charge in [0.2, 0.25) is 0 Å². The summed E-state index contributed by atoms with van der Waals surface area (Å²) in [5, 5.41) is 0. The SMILES string of the molecule is CCC1(N2CCN(CCc3ccccc3F)CC2)CCOC(C)(C)C1. The highest BCUT2D eigenvalue weighted by Crippen LogP contribution is 2.39. The third kappa shape index (κ3) is 4.42. The Morgan fingerprint density at radius 2 is 1.84 bits per heavy atom. The van der Waals surface area contributed by atoms with Crippen molar-refractivity contribution in [2.24, 2.45) is 0 Å². The highest BCUT2D eigenvalue weighted by molar-refractivity contribution is 5.17. The molecular formula is C21H33FN2O. The summed E-state index contributed by atoms with van der Waals surface area (Å²) in [5.74, 6) is -0.0736. The van der Waals surface area contributed by atoms with Crippen molar-refractivity contribution in [3.63, 3.8) is 0 Å². The largest absolute Gasteiger partial charge is 0.375 e. The monoisotopic (exact) mass is 348 g/mol. The van der Waals surface area contributed by atoms with Crippen molar-refractivity contribution in [2.75, 3.05) is 39.3 Å². The summed E-state index contributed by atoms with van der Waals surface area (Å²) < 4.78 is 19.7. The van der Waals surface area contributed by atoms with E-state index < -0.39 is 0 Å².